The van der Waals surface area contributed by atoms with Crippen LogP contribution in [0.25, 0.3) is 0 Å². The number of nitrogens with one attached hydrogen (secondary N) is 1. The molecule has 4 heteroatoms. The number of carboxylic acids is 1. The summed E-state index contributed by atoms with van der Waals surface area (Å²) < 4.78 is 0. The third-order valence-corrected chi connectivity index (χ3v) is 3.96. The molecule has 1 saturated carbocycles. The zero-order valence-electron chi connectivity index (χ0n) is 10.9. The van der Waals surface area contributed by atoms with Crippen molar-refractivity contribution in [2.75, 3.05) is 26.0 Å². The molecule has 1 aromatic rings. The van der Waals surface area contributed by atoms with Crippen LogP contribution in [0.4, 0.5) is 5.69 Å². The van der Waals surface area contributed by atoms with Gasteiger partial charge in [-0.2, -0.15) is 0 Å². The fourth-order valence-electron chi connectivity index (χ4n) is 2.40. The summed E-state index contributed by atoms with van der Waals surface area (Å²) in [6, 6.07) is 6.98. The molecular formula is C14H20N2O2. The molecule has 1 fully saturated rings. The highest BCUT2D eigenvalue weighted by molar-refractivity contribution is 5.88. The molecule has 0 bridgehead atoms. The number of likely N-dealkylation sites (N-methyl/N-ethyl adjacent to an activating group) is 1. The van der Waals surface area contributed by atoms with Gasteiger partial charge in [-0.15, -0.1) is 0 Å². The minimum absolute atomic E-state index is 0.235. The van der Waals surface area contributed by atoms with E-state index in [9.17, 15) is 4.79 Å². The van der Waals surface area contributed by atoms with Crippen LogP contribution >= 0.6 is 0 Å². The molecule has 98 valence electrons. The Hall–Kier alpha value is -1.55. The molecule has 0 radical (unpaired) electrons. The Bertz CT molecular complexity index is 439. The second-order valence-corrected chi connectivity index (χ2v) is 5.21. The average molecular weight is 248 g/mol. The fraction of sp³-hybridized carbons (Fsp3) is 0.500. The molecule has 0 atom stereocenters. The van der Waals surface area contributed by atoms with Gasteiger partial charge in [0.05, 0.1) is 5.56 Å². The lowest BCUT2D eigenvalue weighted by atomic mass is 9.75. The number of hydrogen-bond acceptors (Lipinski definition) is 3. The van der Waals surface area contributed by atoms with E-state index in [-0.39, 0.29) is 5.54 Å². The van der Waals surface area contributed by atoms with Crippen molar-refractivity contribution in [3.8, 4) is 0 Å². The van der Waals surface area contributed by atoms with Crippen LogP contribution in [0.15, 0.2) is 24.3 Å². The van der Waals surface area contributed by atoms with E-state index >= 15 is 0 Å². The maximum absolute atomic E-state index is 10.9. The Kier molecular flexibility index (Phi) is 3.57. The fourth-order valence-corrected chi connectivity index (χ4v) is 2.40. The summed E-state index contributed by atoms with van der Waals surface area (Å²) in [6.45, 7) is 0.864. The van der Waals surface area contributed by atoms with Crippen molar-refractivity contribution in [1.82, 2.24) is 4.90 Å². The molecular weight excluding hydrogens is 228 g/mol. The van der Waals surface area contributed by atoms with Crippen molar-refractivity contribution in [2.24, 2.45) is 0 Å². The highest BCUT2D eigenvalue weighted by Gasteiger charge is 2.38. The van der Waals surface area contributed by atoms with Crippen molar-refractivity contribution in [3.63, 3.8) is 0 Å². The van der Waals surface area contributed by atoms with Gasteiger partial charge < -0.3 is 15.3 Å². The van der Waals surface area contributed by atoms with Gasteiger partial charge in [-0.05, 0) is 51.6 Å². The summed E-state index contributed by atoms with van der Waals surface area (Å²) in [5.41, 5.74) is 1.44. The van der Waals surface area contributed by atoms with Gasteiger partial charge in [-0.3, -0.25) is 0 Å². The second kappa shape index (κ2) is 4.98. The van der Waals surface area contributed by atoms with Gasteiger partial charge in [0.25, 0.3) is 0 Å². The number of aromatic carboxylic acids is 1. The van der Waals surface area contributed by atoms with E-state index in [0.29, 0.717) is 5.56 Å². The molecule has 0 saturated heterocycles. The summed E-state index contributed by atoms with van der Waals surface area (Å²) in [7, 11) is 4.21. The molecule has 0 aliphatic heterocycles. The Balaban J connectivity index is 2.02. The summed E-state index contributed by atoms with van der Waals surface area (Å²) in [5, 5.41) is 12.3. The molecule has 2 rings (SSSR count). The molecule has 0 unspecified atom stereocenters. The van der Waals surface area contributed by atoms with E-state index < -0.39 is 5.97 Å². The zero-order valence-corrected chi connectivity index (χ0v) is 10.9. The van der Waals surface area contributed by atoms with Crippen LogP contribution in [0.5, 0.6) is 0 Å². The van der Waals surface area contributed by atoms with Crippen LogP contribution in [0.1, 0.15) is 29.6 Å². The Morgan fingerprint density at radius 1 is 1.44 bits per heavy atom. The molecule has 0 spiro atoms. The molecule has 0 aromatic heterocycles. The molecule has 2 N–H and O–H groups in total. The van der Waals surface area contributed by atoms with Gasteiger partial charge >= 0.3 is 5.97 Å². The number of carbonyl (C=O) groups is 1. The summed E-state index contributed by atoms with van der Waals surface area (Å²) >= 11 is 0. The van der Waals surface area contributed by atoms with Crippen LogP contribution in [-0.2, 0) is 0 Å². The number of nitrogens with zero attached hydrogens (tertiary/aromatic N) is 1. The predicted octanol–water partition coefficient (Wildman–Crippen LogP) is 2.28. The third kappa shape index (κ3) is 2.48. The lowest BCUT2D eigenvalue weighted by Crippen LogP contribution is -2.54. The van der Waals surface area contributed by atoms with E-state index in [1.807, 2.05) is 6.07 Å². The third-order valence-electron chi connectivity index (χ3n) is 3.96. The van der Waals surface area contributed by atoms with Crippen molar-refractivity contribution in [1.29, 1.82) is 0 Å². The standard InChI is InChI=1S/C14H20N2O2/c1-16(2)14(7-4-8-14)10-15-12-6-3-5-11(9-12)13(17)18/h3,5-6,9,15H,4,7-8,10H2,1-2H3,(H,17,18). The van der Waals surface area contributed by atoms with E-state index in [4.69, 9.17) is 5.11 Å². The molecule has 1 aliphatic rings. The average Bonchev–Trinajstić information content (AvgIpc) is 2.27. The molecule has 18 heavy (non-hydrogen) atoms. The normalized spacial score (nSPS) is 17.3. The monoisotopic (exact) mass is 248 g/mol. The predicted molar refractivity (Wildman–Crippen MR) is 72.2 cm³/mol. The Labute approximate surface area is 108 Å². The van der Waals surface area contributed by atoms with E-state index in [0.717, 1.165) is 12.2 Å². The number of rotatable bonds is 5. The van der Waals surface area contributed by atoms with Gasteiger partial charge in [0.15, 0.2) is 0 Å². The van der Waals surface area contributed by atoms with Gasteiger partial charge in [0.2, 0.25) is 0 Å². The molecule has 1 aromatic carbocycles. The smallest absolute Gasteiger partial charge is 0.335 e. The molecule has 0 heterocycles. The van der Waals surface area contributed by atoms with Gasteiger partial charge in [-0.1, -0.05) is 6.07 Å². The van der Waals surface area contributed by atoms with E-state index in [1.165, 1.54) is 19.3 Å². The van der Waals surface area contributed by atoms with E-state index in [2.05, 4.69) is 24.3 Å². The van der Waals surface area contributed by atoms with Crippen molar-refractivity contribution >= 4 is 11.7 Å². The number of carboxylic acid groups (broad SMARTS) is 1. The minimum atomic E-state index is -0.885. The Morgan fingerprint density at radius 3 is 2.67 bits per heavy atom. The topological polar surface area (TPSA) is 52.6 Å². The summed E-state index contributed by atoms with van der Waals surface area (Å²) in [6.07, 6.45) is 3.67. The lowest BCUT2D eigenvalue weighted by molar-refractivity contribution is 0.0697. The summed E-state index contributed by atoms with van der Waals surface area (Å²) in [4.78, 5) is 13.2. The number of hydrogen-bond donors (Lipinski definition) is 2. The first-order valence-corrected chi connectivity index (χ1v) is 6.28. The van der Waals surface area contributed by atoms with Crippen molar-refractivity contribution in [2.45, 2.75) is 24.8 Å². The van der Waals surface area contributed by atoms with Crippen LogP contribution < -0.4 is 5.32 Å². The SMILES string of the molecule is CN(C)C1(CNc2cccc(C(=O)O)c2)CCC1. The zero-order chi connectivity index (χ0) is 13.2. The van der Waals surface area contributed by atoms with Gasteiger partial charge in [-0.25, -0.2) is 4.79 Å². The first-order chi connectivity index (χ1) is 8.53. The van der Waals surface area contributed by atoms with Crippen molar-refractivity contribution < 1.29 is 9.90 Å². The van der Waals surface area contributed by atoms with Gasteiger partial charge in [0.1, 0.15) is 0 Å². The van der Waals surface area contributed by atoms with Gasteiger partial charge in [0, 0.05) is 17.8 Å². The van der Waals surface area contributed by atoms with E-state index in [1.54, 1.807) is 18.2 Å². The molecule has 1 aliphatic carbocycles. The largest absolute Gasteiger partial charge is 0.478 e. The Morgan fingerprint density at radius 2 is 2.17 bits per heavy atom. The maximum atomic E-state index is 10.9. The second-order valence-electron chi connectivity index (χ2n) is 5.21. The first kappa shape index (κ1) is 12.9. The lowest BCUT2D eigenvalue weighted by Gasteiger charge is -2.47. The molecule has 4 nitrogen and oxygen atoms in total. The van der Waals surface area contributed by atoms with Crippen molar-refractivity contribution in [3.05, 3.63) is 29.8 Å². The highest BCUT2D eigenvalue weighted by Crippen LogP contribution is 2.36. The van der Waals surface area contributed by atoms with Crippen LogP contribution in [0.2, 0.25) is 0 Å². The number of benzene rings is 1. The quantitative estimate of drug-likeness (QED) is 0.839. The van der Waals surface area contributed by atoms with Crippen LogP contribution in [0.3, 0.4) is 0 Å². The number of anilines is 1. The minimum Gasteiger partial charge on any atom is -0.478 e. The first-order valence-electron chi connectivity index (χ1n) is 6.28. The summed E-state index contributed by atoms with van der Waals surface area (Å²) in [5.74, 6) is -0.885. The highest BCUT2D eigenvalue weighted by atomic mass is 16.4. The molecule has 0 amide bonds. The van der Waals surface area contributed by atoms with Crippen LogP contribution in [-0.4, -0.2) is 42.2 Å². The maximum Gasteiger partial charge on any atom is 0.335 e. The van der Waals surface area contributed by atoms with Crippen LogP contribution in [0, 0.1) is 0 Å².